The molecule has 2 heterocycles. The number of anilines is 1. The number of nitrogens with zero attached hydrogens (tertiary/aromatic N) is 2. The predicted molar refractivity (Wildman–Crippen MR) is 72.0 cm³/mol. The molecular weight excluding hydrogens is 250 g/mol. The van der Waals surface area contributed by atoms with Crippen LogP contribution in [-0.4, -0.2) is 29.7 Å². The number of piperidine rings is 1. The maximum atomic E-state index is 11.9. The minimum Gasteiger partial charge on any atom is -0.319 e. The molecule has 0 unspecified atom stereocenters. The van der Waals surface area contributed by atoms with Gasteiger partial charge < -0.3 is 5.32 Å². The van der Waals surface area contributed by atoms with Crippen molar-refractivity contribution < 1.29 is 4.79 Å². The van der Waals surface area contributed by atoms with E-state index in [1.54, 1.807) is 6.07 Å². The zero-order valence-corrected chi connectivity index (χ0v) is 10.7. The lowest BCUT2D eigenvalue weighted by Gasteiger charge is -2.23. The third kappa shape index (κ3) is 1.97. The second-order valence-corrected chi connectivity index (χ2v) is 4.99. The Labute approximate surface area is 111 Å². The van der Waals surface area contributed by atoms with Gasteiger partial charge in [0, 0.05) is 18.7 Å². The van der Waals surface area contributed by atoms with Crippen molar-refractivity contribution in [3.05, 3.63) is 28.8 Å². The molecule has 2 aliphatic rings. The number of carbonyl (C=O) groups is 1. The van der Waals surface area contributed by atoms with Crippen molar-refractivity contribution in [1.29, 1.82) is 0 Å². The molecule has 18 heavy (non-hydrogen) atoms. The Hall–Kier alpha value is -1.55. The van der Waals surface area contributed by atoms with Gasteiger partial charge in [0.2, 0.25) is 0 Å². The van der Waals surface area contributed by atoms with Crippen LogP contribution in [0.3, 0.4) is 0 Å². The van der Waals surface area contributed by atoms with Crippen molar-refractivity contribution in [2.45, 2.75) is 19.3 Å². The van der Waals surface area contributed by atoms with E-state index in [0.717, 1.165) is 31.5 Å². The van der Waals surface area contributed by atoms with Crippen LogP contribution in [0.1, 0.15) is 24.8 Å². The first-order valence-electron chi connectivity index (χ1n) is 6.19. The molecule has 1 saturated heterocycles. The Morgan fingerprint density at radius 2 is 2.00 bits per heavy atom. The first-order valence-corrected chi connectivity index (χ1v) is 6.57. The molecule has 0 saturated carbocycles. The molecule has 0 atom stereocenters. The highest BCUT2D eigenvalue weighted by atomic mass is 35.5. The number of hydrazone groups is 1. The van der Waals surface area contributed by atoms with Crippen LogP contribution in [-0.2, 0) is 4.79 Å². The number of halogens is 1. The summed E-state index contributed by atoms with van der Waals surface area (Å²) in [4.78, 5) is 11.9. The van der Waals surface area contributed by atoms with Crippen LogP contribution in [0.5, 0.6) is 0 Å². The average molecular weight is 264 g/mol. The zero-order valence-electron chi connectivity index (χ0n) is 9.95. The summed E-state index contributed by atoms with van der Waals surface area (Å²) in [5.74, 6) is -0.163. The van der Waals surface area contributed by atoms with E-state index in [9.17, 15) is 4.79 Å². The molecule has 1 aromatic rings. The summed E-state index contributed by atoms with van der Waals surface area (Å²) in [5.41, 5.74) is 1.97. The molecular formula is C13H14ClN3O. The summed E-state index contributed by atoms with van der Waals surface area (Å²) in [6.07, 6.45) is 3.53. The Morgan fingerprint density at radius 3 is 2.78 bits per heavy atom. The van der Waals surface area contributed by atoms with E-state index in [0.29, 0.717) is 16.4 Å². The van der Waals surface area contributed by atoms with Crippen molar-refractivity contribution in [3.8, 4) is 0 Å². The van der Waals surface area contributed by atoms with E-state index in [2.05, 4.69) is 10.4 Å². The lowest BCUT2D eigenvalue weighted by atomic mass is 10.1. The van der Waals surface area contributed by atoms with Gasteiger partial charge in [-0.1, -0.05) is 23.7 Å². The average Bonchev–Trinajstić information content (AvgIpc) is 2.70. The molecule has 5 heteroatoms. The van der Waals surface area contributed by atoms with Crippen molar-refractivity contribution >= 4 is 28.9 Å². The van der Waals surface area contributed by atoms with Crippen LogP contribution in [0.25, 0.3) is 0 Å². The third-order valence-electron chi connectivity index (χ3n) is 3.30. The second-order valence-electron chi connectivity index (χ2n) is 4.58. The van der Waals surface area contributed by atoms with Crippen molar-refractivity contribution in [2.24, 2.45) is 5.10 Å². The number of hydrogen-bond donors (Lipinski definition) is 1. The molecule has 2 aliphatic heterocycles. The molecule has 1 aromatic carbocycles. The number of hydrogen-bond acceptors (Lipinski definition) is 3. The van der Waals surface area contributed by atoms with E-state index in [-0.39, 0.29) is 5.91 Å². The van der Waals surface area contributed by atoms with Gasteiger partial charge in [-0.25, -0.2) is 0 Å². The predicted octanol–water partition coefficient (Wildman–Crippen LogP) is 2.48. The van der Waals surface area contributed by atoms with Gasteiger partial charge in [-0.15, -0.1) is 0 Å². The summed E-state index contributed by atoms with van der Waals surface area (Å²) < 4.78 is 0. The minimum absolute atomic E-state index is 0.163. The van der Waals surface area contributed by atoms with E-state index in [4.69, 9.17) is 11.6 Å². The zero-order chi connectivity index (χ0) is 12.5. The SMILES string of the molecule is O=C1Nc2c(Cl)cccc2C1=NN1CCCCC1. The second kappa shape index (κ2) is 4.61. The lowest BCUT2D eigenvalue weighted by Crippen LogP contribution is -2.28. The van der Waals surface area contributed by atoms with Crippen LogP contribution in [0.2, 0.25) is 5.02 Å². The van der Waals surface area contributed by atoms with E-state index in [1.807, 2.05) is 17.1 Å². The van der Waals surface area contributed by atoms with E-state index in [1.165, 1.54) is 6.42 Å². The number of amides is 1. The topological polar surface area (TPSA) is 44.7 Å². The van der Waals surface area contributed by atoms with Gasteiger partial charge in [-0.3, -0.25) is 9.80 Å². The molecule has 0 radical (unpaired) electrons. The molecule has 1 amide bonds. The highest BCUT2D eigenvalue weighted by Crippen LogP contribution is 2.31. The minimum atomic E-state index is -0.163. The maximum absolute atomic E-state index is 11.9. The number of rotatable bonds is 1. The Morgan fingerprint density at radius 1 is 1.22 bits per heavy atom. The lowest BCUT2D eigenvalue weighted by molar-refractivity contribution is -0.110. The number of para-hydroxylation sites is 1. The van der Waals surface area contributed by atoms with Crippen LogP contribution >= 0.6 is 11.6 Å². The van der Waals surface area contributed by atoms with Gasteiger partial charge in [-0.05, 0) is 25.3 Å². The van der Waals surface area contributed by atoms with Gasteiger partial charge >= 0.3 is 0 Å². The van der Waals surface area contributed by atoms with Gasteiger partial charge in [-0.2, -0.15) is 5.10 Å². The molecule has 0 aromatic heterocycles. The first-order chi connectivity index (χ1) is 8.75. The number of carbonyl (C=O) groups excluding carboxylic acids is 1. The van der Waals surface area contributed by atoms with Crippen LogP contribution < -0.4 is 5.32 Å². The van der Waals surface area contributed by atoms with Gasteiger partial charge in [0.05, 0.1) is 10.7 Å². The highest BCUT2D eigenvalue weighted by molar-refractivity contribution is 6.55. The van der Waals surface area contributed by atoms with E-state index < -0.39 is 0 Å². The first kappa shape index (κ1) is 11.5. The van der Waals surface area contributed by atoms with Crippen molar-refractivity contribution in [3.63, 3.8) is 0 Å². The molecule has 0 aliphatic carbocycles. The molecule has 1 fully saturated rings. The Balaban J connectivity index is 1.96. The maximum Gasteiger partial charge on any atom is 0.276 e. The summed E-state index contributed by atoms with van der Waals surface area (Å²) in [5, 5.41) is 9.80. The fourth-order valence-electron chi connectivity index (χ4n) is 2.36. The number of benzene rings is 1. The van der Waals surface area contributed by atoms with Gasteiger partial charge in [0.1, 0.15) is 0 Å². The Kier molecular flexibility index (Phi) is 2.96. The van der Waals surface area contributed by atoms with Crippen molar-refractivity contribution in [1.82, 2.24) is 5.01 Å². The number of fused-ring (bicyclic) bond motifs is 1. The van der Waals surface area contributed by atoms with E-state index >= 15 is 0 Å². The van der Waals surface area contributed by atoms with Gasteiger partial charge in [0.25, 0.3) is 5.91 Å². The molecule has 4 nitrogen and oxygen atoms in total. The van der Waals surface area contributed by atoms with Crippen LogP contribution in [0.4, 0.5) is 5.69 Å². The normalized spacial score (nSPS) is 21.1. The molecule has 0 bridgehead atoms. The summed E-state index contributed by atoms with van der Waals surface area (Å²) in [6, 6.07) is 5.49. The summed E-state index contributed by atoms with van der Waals surface area (Å²) in [7, 11) is 0. The Bertz CT molecular complexity index is 521. The fourth-order valence-corrected chi connectivity index (χ4v) is 2.58. The molecule has 1 N–H and O–H groups in total. The quantitative estimate of drug-likeness (QED) is 0.846. The third-order valence-corrected chi connectivity index (χ3v) is 3.61. The highest BCUT2D eigenvalue weighted by Gasteiger charge is 2.28. The summed E-state index contributed by atoms with van der Waals surface area (Å²) >= 11 is 6.06. The standard InChI is InChI=1S/C13H14ClN3O/c14-10-6-4-5-9-11(10)15-13(18)12(9)16-17-7-2-1-3-8-17/h4-6H,1-3,7-8H2,(H,15,16,18). The largest absolute Gasteiger partial charge is 0.319 e. The van der Waals surface area contributed by atoms with Crippen LogP contribution in [0.15, 0.2) is 23.3 Å². The monoisotopic (exact) mass is 263 g/mol. The smallest absolute Gasteiger partial charge is 0.276 e. The molecule has 0 spiro atoms. The van der Waals surface area contributed by atoms with Crippen LogP contribution in [0, 0.1) is 0 Å². The number of nitrogens with one attached hydrogen (secondary N) is 1. The molecule has 94 valence electrons. The molecule has 3 rings (SSSR count). The van der Waals surface area contributed by atoms with Crippen molar-refractivity contribution in [2.75, 3.05) is 18.4 Å². The summed E-state index contributed by atoms with van der Waals surface area (Å²) in [6.45, 7) is 1.85. The fraction of sp³-hybridized carbons (Fsp3) is 0.385. The van der Waals surface area contributed by atoms with Gasteiger partial charge in [0.15, 0.2) is 5.71 Å².